The zero-order valence-electron chi connectivity index (χ0n) is 13.1. The zero-order valence-corrected chi connectivity index (χ0v) is 14.7. The van der Waals surface area contributed by atoms with Gasteiger partial charge in [0.25, 0.3) is 0 Å². The number of nitrogens with one attached hydrogen (secondary N) is 1. The van der Waals surface area contributed by atoms with Crippen LogP contribution in [0, 0.1) is 6.92 Å². The highest BCUT2D eigenvalue weighted by molar-refractivity contribution is 7.13. The number of aryl methyl sites for hydroxylation is 1. The molecule has 0 aliphatic carbocycles. The fourth-order valence-electron chi connectivity index (χ4n) is 1.99. The summed E-state index contributed by atoms with van der Waals surface area (Å²) in [5.41, 5.74) is 2.84. The minimum absolute atomic E-state index is 0.237. The average Bonchev–Trinajstić information content (AvgIpc) is 2.80. The maximum absolute atomic E-state index is 11.8. The van der Waals surface area contributed by atoms with Gasteiger partial charge in [-0.1, -0.05) is 29.0 Å². The number of nitrogens with zero attached hydrogens (tertiary/aromatic N) is 1. The Morgan fingerprint density at radius 3 is 2.77 bits per heavy atom. The number of thiazole rings is 1. The maximum Gasteiger partial charge on any atom is 0.338 e. The van der Waals surface area contributed by atoms with Gasteiger partial charge in [0.05, 0.1) is 24.6 Å². The molecular weight excluding hydrogens is 320 g/mol. The van der Waals surface area contributed by atoms with Gasteiger partial charge in [0.15, 0.2) is 0 Å². The molecule has 2 rings (SSSR count). The molecule has 0 aliphatic heterocycles. The Kier molecular flexibility index (Phi) is 5.42. The molecule has 1 aromatic heterocycles. The van der Waals surface area contributed by atoms with Crippen molar-refractivity contribution in [1.29, 1.82) is 0 Å². The van der Waals surface area contributed by atoms with Gasteiger partial charge in [-0.25, -0.2) is 9.88 Å². The van der Waals surface area contributed by atoms with Crippen molar-refractivity contribution in [3.63, 3.8) is 0 Å². The van der Waals surface area contributed by atoms with Gasteiger partial charge < -0.3 is 4.74 Å². The summed E-state index contributed by atoms with van der Waals surface area (Å²) >= 11 is 7.97. The van der Waals surface area contributed by atoms with Gasteiger partial charge >= 0.3 is 11.1 Å². The van der Waals surface area contributed by atoms with Gasteiger partial charge in [0, 0.05) is 5.38 Å². The first-order chi connectivity index (χ1) is 10.4. The van der Waals surface area contributed by atoms with Crippen LogP contribution in [0.5, 0.6) is 0 Å². The lowest BCUT2D eigenvalue weighted by molar-refractivity contribution is -0.658. The van der Waals surface area contributed by atoms with Gasteiger partial charge in [-0.3, -0.25) is 4.79 Å². The van der Waals surface area contributed by atoms with Crippen LogP contribution in [-0.2, 0) is 16.6 Å². The van der Waals surface area contributed by atoms with E-state index in [1.807, 2.05) is 39.1 Å². The fourth-order valence-corrected chi connectivity index (χ4v) is 3.14. The molecule has 0 saturated heterocycles. The predicted octanol–water partition coefficient (Wildman–Crippen LogP) is 3.94. The molecule has 1 heterocycles. The molecule has 0 amide bonds. The van der Waals surface area contributed by atoms with Crippen molar-refractivity contribution in [3.05, 3.63) is 39.9 Å². The number of hydrogen-bond donors (Lipinski definition) is 1. The number of benzene rings is 1. The number of ether oxygens (including phenoxy) is 1. The summed E-state index contributed by atoms with van der Waals surface area (Å²) in [5, 5.41) is 6.98. The quantitative estimate of drug-likeness (QED) is 0.662. The van der Waals surface area contributed by atoms with Crippen LogP contribution in [0.1, 0.15) is 31.0 Å². The molecule has 0 fully saturated rings. The second-order valence-electron chi connectivity index (χ2n) is 5.08. The molecule has 4 nitrogen and oxygen atoms in total. The molecule has 0 aliphatic rings. The van der Waals surface area contributed by atoms with Crippen molar-refractivity contribution in [2.24, 2.45) is 7.05 Å². The summed E-state index contributed by atoms with van der Waals surface area (Å²) in [5.74, 6) is -0.564. The lowest BCUT2D eigenvalue weighted by Gasteiger charge is -2.11. The number of carbonyl (C=O) groups excluding carboxylic acids is 1. The van der Waals surface area contributed by atoms with Crippen molar-refractivity contribution in [2.75, 3.05) is 11.9 Å². The van der Waals surface area contributed by atoms with Gasteiger partial charge in [-0.15, -0.1) is 0 Å². The van der Waals surface area contributed by atoms with Crippen molar-refractivity contribution in [2.45, 2.75) is 26.7 Å². The van der Waals surface area contributed by atoms with E-state index >= 15 is 0 Å². The second kappa shape index (κ2) is 7.11. The van der Waals surface area contributed by atoms with Crippen LogP contribution in [-0.4, -0.2) is 12.6 Å². The number of esters is 1. The number of halogens is 1. The van der Waals surface area contributed by atoms with Gasteiger partial charge in [-0.2, -0.15) is 0 Å². The molecule has 118 valence electrons. The number of hydrogen-bond acceptors (Lipinski definition) is 4. The smallest absolute Gasteiger partial charge is 0.338 e. The minimum atomic E-state index is -0.327. The van der Waals surface area contributed by atoms with Crippen molar-refractivity contribution < 1.29 is 14.1 Å². The first-order valence-corrected chi connectivity index (χ1v) is 8.37. The van der Waals surface area contributed by atoms with E-state index in [-0.39, 0.29) is 11.9 Å². The first kappa shape index (κ1) is 16.8. The number of carbonyl (C=O) groups is 1. The van der Waals surface area contributed by atoms with E-state index in [1.54, 1.807) is 18.3 Å². The van der Waals surface area contributed by atoms with E-state index in [1.165, 1.54) is 5.69 Å². The lowest BCUT2D eigenvalue weighted by Crippen LogP contribution is -2.31. The van der Waals surface area contributed by atoms with Crippen LogP contribution in [0.2, 0.25) is 5.02 Å². The molecular formula is C16H20ClN2O2S+. The Balaban J connectivity index is 2.19. The Bertz CT molecular complexity index is 685. The molecule has 1 atom stereocenters. The van der Waals surface area contributed by atoms with Gasteiger partial charge in [0.1, 0.15) is 11.4 Å². The van der Waals surface area contributed by atoms with E-state index < -0.39 is 0 Å². The lowest BCUT2D eigenvalue weighted by atomic mass is 10.0. The van der Waals surface area contributed by atoms with E-state index in [0.29, 0.717) is 11.6 Å². The monoisotopic (exact) mass is 339 g/mol. The van der Waals surface area contributed by atoms with Gasteiger partial charge in [0.2, 0.25) is 0 Å². The van der Waals surface area contributed by atoms with E-state index in [2.05, 4.69) is 15.3 Å². The van der Waals surface area contributed by atoms with Crippen LogP contribution < -0.4 is 9.88 Å². The van der Waals surface area contributed by atoms with Crippen LogP contribution >= 0.6 is 22.9 Å². The molecule has 0 saturated carbocycles. The summed E-state index contributed by atoms with van der Waals surface area (Å²) in [7, 11) is 2.00. The van der Waals surface area contributed by atoms with E-state index in [9.17, 15) is 4.79 Å². The van der Waals surface area contributed by atoms with Crippen molar-refractivity contribution in [1.82, 2.24) is 0 Å². The summed E-state index contributed by atoms with van der Waals surface area (Å²) in [6.07, 6.45) is 0. The van der Waals surface area contributed by atoms with Crippen LogP contribution in [0.4, 0.5) is 10.8 Å². The summed E-state index contributed by atoms with van der Waals surface area (Å²) in [6.45, 7) is 6.05. The summed E-state index contributed by atoms with van der Waals surface area (Å²) < 4.78 is 7.11. The highest BCUT2D eigenvalue weighted by atomic mass is 35.5. The third-order valence-electron chi connectivity index (χ3n) is 3.55. The molecule has 0 bridgehead atoms. The third kappa shape index (κ3) is 3.59. The van der Waals surface area contributed by atoms with E-state index in [4.69, 9.17) is 16.3 Å². The molecule has 0 spiro atoms. The molecule has 2 aromatic rings. The molecule has 0 radical (unpaired) electrons. The number of aromatic nitrogens is 1. The topological polar surface area (TPSA) is 42.2 Å². The molecule has 1 unspecified atom stereocenters. The average molecular weight is 340 g/mol. The maximum atomic E-state index is 11.8. The Morgan fingerprint density at radius 2 is 2.23 bits per heavy atom. The van der Waals surface area contributed by atoms with E-state index in [0.717, 1.165) is 16.4 Å². The van der Waals surface area contributed by atoms with Crippen LogP contribution in [0.3, 0.4) is 0 Å². The molecule has 22 heavy (non-hydrogen) atoms. The molecule has 6 heteroatoms. The SMILES string of the molecule is CCOC(=O)C(C)c1ccc(Nc2scc(C)[n+]2C)c(Cl)c1. The predicted molar refractivity (Wildman–Crippen MR) is 90.0 cm³/mol. The third-order valence-corrected chi connectivity index (χ3v) is 4.92. The summed E-state index contributed by atoms with van der Waals surface area (Å²) in [6, 6.07) is 5.60. The fraction of sp³-hybridized carbons (Fsp3) is 0.375. The number of rotatable bonds is 5. The molecule has 1 aromatic carbocycles. The minimum Gasteiger partial charge on any atom is -0.466 e. The van der Waals surface area contributed by atoms with Crippen LogP contribution in [0.25, 0.3) is 0 Å². The first-order valence-electron chi connectivity index (χ1n) is 7.11. The Hall–Kier alpha value is -1.59. The summed E-state index contributed by atoms with van der Waals surface area (Å²) in [4.78, 5) is 11.8. The largest absolute Gasteiger partial charge is 0.466 e. The van der Waals surface area contributed by atoms with Crippen LogP contribution in [0.15, 0.2) is 23.6 Å². The van der Waals surface area contributed by atoms with Crippen molar-refractivity contribution >= 4 is 39.7 Å². The second-order valence-corrected chi connectivity index (χ2v) is 6.34. The zero-order chi connectivity index (χ0) is 16.3. The highest BCUT2D eigenvalue weighted by Crippen LogP contribution is 2.30. The molecule has 1 N–H and O–H groups in total. The normalized spacial score (nSPS) is 12.0. The Morgan fingerprint density at radius 1 is 1.50 bits per heavy atom. The standard InChI is InChI=1S/C16H19ClN2O2S/c1-5-21-15(20)11(3)12-6-7-14(13(17)8-12)18-16-19(4)10(2)9-22-16/h6-9,11H,5H2,1-4H3/p+1. The number of anilines is 2. The Labute approximate surface area is 139 Å². The van der Waals surface area contributed by atoms with Gasteiger partial charge in [-0.05, 0) is 38.5 Å². The highest BCUT2D eigenvalue weighted by Gasteiger charge is 2.19. The van der Waals surface area contributed by atoms with Crippen molar-refractivity contribution in [3.8, 4) is 0 Å².